The molecule has 0 spiro atoms. The molecule has 2 nitrogen and oxygen atoms in total. The van der Waals surface area contributed by atoms with Gasteiger partial charge in [-0.1, -0.05) is 54.1 Å². The molecule has 0 aromatic heterocycles. The van der Waals surface area contributed by atoms with E-state index >= 15 is 0 Å². The smallest absolute Gasteiger partial charge is 0.153 e. The van der Waals surface area contributed by atoms with Crippen molar-refractivity contribution in [3.05, 3.63) is 77.7 Å². The van der Waals surface area contributed by atoms with E-state index in [0.29, 0.717) is 5.56 Å². The van der Waals surface area contributed by atoms with Crippen LogP contribution in [0.4, 0.5) is 0 Å². The first-order valence-corrected chi connectivity index (χ1v) is 6.16. The van der Waals surface area contributed by atoms with Crippen LogP contribution in [0, 0.1) is 13.8 Å². The monoisotopic (exact) mass is 252 g/mol. The Kier molecular flexibility index (Phi) is 3.34. The van der Waals surface area contributed by atoms with Gasteiger partial charge in [0, 0.05) is 16.7 Å². The summed E-state index contributed by atoms with van der Waals surface area (Å²) in [7, 11) is 0. The number of aryl methyl sites for hydroxylation is 1. The number of aromatic carboxylic acids is 1. The molecule has 1 unspecified atom stereocenters. The van der Waals surface area contributed by atoms with Gasteiger partial charge in [-0.25, -0.2) is 0 Å². The van der Waals surface area contributed by atoms with Gasteiger partial charge in [0.15, 0.2) is 5.41 Å². The molecular weight excluding hydrogens is 236 g/mol. The molecule has 0 N–H and O–H groups in total. The van der Waals surface area contributed by atoms with E-state index in [0.717, 1.165) is 11.1 Å². The minimum absolute atomic E-state index is 0.201. The van der Waals surface area contributed by atoms with Crippen molar-refractivity contribution < 1.29 is 9.90 Å². The van der Waals surface area contributed by atoms with Crippen molar-refractivity contribution in [2.24, 2.45) is 0 Å². The van der Waals surface area contributed by atoms with E-state index in [1.165, 1.54) is 0 Å². The Labute approximate surface area is 113 Å². The molecule has 0 bridgehead atoms. The maximum absolute atomic E-state index is 11.3. The predicted molar refractivity (Wildman–Crippen MR) is 73.8 cm³/mol. The molecule has 2 aromatic rings. The van der Waals surface area contributed by atoms with E-state index in [9.17, 15) is 9.90 Å². The fourth-order valence-electron chi connectivity index (χ4n) is 2.25. The van der Waals surface area contributed by atoms with Gasteiger partial charge < -0.3 is 9.90 Å². The second-order valence-corrected chi connectivity index (χ2v) is 5.03. The van der Waals surface area contributed by atoms with E-state index < -0.39 is 11.4 Å². The molecule has 0 aliphatic rings. The second-order valence-electron chi connectivity index (χ2n) is 5.03. The van der Waals surface area contributed by atoms with E-state index in [4.69, 9.17) is 0 Å². The molecule has 0 saturated heterocycles. The molecule has 0 aliphatic heterocycles. The summed E-state index contributed by atoms with van der Waals surface area (Å²) in [5, 5.41) is 11.3. The van der Waals surface area contributed by atoms with Crippen molar-refractivity contribution in [1.29, 1.82) is 0 Å². The lowest BCUT2D eigenvalue weighted by Crippen LogP contribution is -2.29. The number of benzene rings is 2. The van der Waals surface area contributed by atoms with Crippen LogP contribution >= 0.6 is 0 Å². The standard InChI is InChI=1S/C17H16O2/c1-12-9-10-14(16(18)19)15(11-12)17(2,3)13-7-5-4-6-8-13/h4-11H,2H2,1,3H3. The molecule has 0 radical (unpaired) electrons. The van der Waals surface area contributed by atoms with Crippen LogP contribution in [0.5, 0.6) is 0 Å². The summed E-state index contributed by atoms with van der Waals surface area (Å²) in [5.74, 6) is -1.17. The van der Waals surface area contributed by atoms with Crippen molar-refractivity contribution in [2.75, 3.05) is 0 Å². The molecule has 2 aromatic carbocycles. The van der Waals surface area contributed by atoms with Crippen LogP contribution in [0.25, 0.3) is 0 Å². The molecule has 19 heavy (non-hydrogen) atoms. The van der Waals surface area contributed by atoms with Crippen molar-refractivity contribution in [2.45, 2.75) is 19.3 Å². The summed E-state index contributed by atoms with van der Waals surface area (Å²) in [4.78, 5) is 11.3. The maximum atomic E-state index is 11.3. The molecule has 96 valence electrons. The molecule has 2 rings (SSSR count). The van der Waals surface area contributed by atoms with Gasteiger partial charge in [0.05, 0.1) is 12.9 Å². The highest BCUT2D eigenvalue weighted by Gasteiger charge is 2.33. The van der Waals surface area contributed by atoms with Crippen molar-refractivity contribution in [1.82, 2.24) is 0 Å². The van der Waals surface area contributed by atoms with Crippen LogP contribution in [-0.2, 0) is 5.41 Å². The first-order valence-electron chi connectivity index (χ1n) is 6.16. The maximum Gasteiger partial charge on any atom is 0.153 e. The lowest BCUT2D eigenvalue weighted by Gasteiger charge is -2.23. The number of carboxylic acid groups (broad SMARTS) is 1. The molecule has 0 amide bonds. The zero-order valence-corrected chi connectivity index (χ0v) is 11.1. The minimum atomic E-state index is -1.17. The quantitative estimate of drug-likeness (QED) is 0.787. The number of carboxylic acids is 1. The van der Waals surface area contributed by atoms with Crippen LogP contribution in [0.1, 0.15) is 34.0 Å². The van der Waals surface area contributed by atoms with Crippen LogP contribution in [0.15, 0.2) is 48.5 Å². The topological polar surface area (TPSA) is 40.1 Å². The number of carbonyl (C=O) groups excluding carboxylic acids is 1. The fourth-order valence-corrected chi connectivity index (χ4v) is 2.25. The van der Waals surface area contributed by atoms with E-state index in [1.807, 2.05) is 50.2 Å². The zero-order chi connectivity index (χ0) is 14.0. The summed E-state index contributed by atoms with van der Waals surface area (Å²) in [6.45, 7) is 8.06. The van der Waals surface area contributed by atoms with Gasteiger partial charge in [-0.2, -0.15) is 0 Å². The number of hydrogen-bond donors (Lipinski definition) is 0. The summed E-state index contributed by atoms with van der Waals surface area (Å²) in [6, 6.07) is 14.9. The summed E-state index contributed by atoms with van der Waals surface area (Å²) in [6.07, 6.45) is 0. The Morgan fingerprint density at radius 3 is 2.37 bits per heavy atom. The molecule has 1 atom stereocenters. The van der Waals surface area contributed by atoms with Gasteiger partial charge in [-0.15, -0.1) is 0 Å². The Balaban J connectivity index is 2.63. The number of rotatable bonds is 3. The molecular formula is C17H16O2. The van der Waals surface area contributed by atoms with Crippen molar-refractivity contribution in [3.8, 4) is 0 Å². The highest BCUT2D eigenvalue weighted by Crippen LogP contribution is 2.33. The average molecular weight is 252 g/mol. The molecule has 0 saturated carbocycles. The van der Waals surface area contributed by atoms with E-state index in [2.05, 4.69) is 6.92 Å². The molecule has 2 heteroatoms. The van der Waals surface area contributed by atoms with Gasteiger partial charge in [-0.05, 0) is 13.8 Å². The van der Waals surface area contributed by atoms with Gasteiger partial charge >= 0.3 is 0 Å². The average Bonchev–Trinajstić information content (AvgIpc) is 2.39. The van der Waals surface area contributed by atoms with Gasteiger partial charge in [-0.3, -0.25) is 0 Å². The third-order valence-electron chi connectivity index (χ3n) is 3.40. The molecule has 0 fully saturated rings. The van der Waals surface area contributed by atoms with Gasteiger partial charge in [0.2, 0.25) is 0 Å². The summed E-state index contributed by atoms with van der Waals surface area (Å²) in [5.41, 5.74) is 2.24. The van der Waals surface area contributed by atoms with Crippen molar-refractivity contribution in [3.63, 3.8) is 0 Å². The normalized spacial score (nSPS) is 13.8. The first-order chi connectivity index (χ1) is 8.93. The van der Waals surface area contributed by atoms with E-state index in [-0.39, 0.29) is 5.56 Å². The van der Waals surface area contributed by atoms with Gasteiger partial charge in [0.25, 0.3) is 0 Å². The zero-order valence-electron chi connectivity index (χ0n) is 11.1. The van der Waals surface area contributed by atoms with Gasteiger partial charge in [0.1, 0.15) is 0 Å². The Morgan fingerprint density at radius 2 is 1.79 bits per heavy atom. The number of carbonyl (C=O) groups is 1. The van der Waals surface area contributed by atoms with Crippen LogP contribution < -0.4 is 5.11 Å². The van der Waals surface area contributed by atoms with Crippen LogP contribution in [0.2, 0.25) is 0 Å². The predicted octanol–water partition coefficient (Wildman–Crippen LogP) is 2.50. The Bertz CT molecular complexity index is 598. The summed E-state index contributed by atoms with van der Waals surface area (Å²) < 4.78 is 0. The van der Waals surface area contributed by atoms with Crippen molar-refractivity contribution >= 4 is 5.97 Å². The molecule has 0 heterocycles. The Morgan fingerprint density at radius 1 is 1.16 bits per heavy atom. The lowest BCUT2D eigenvalue weighted by atomic mass is 9.75. The highest BCUT2D eigenvalue weighted by atomic mass is 16.4. The van der Waals surface area contributed by atoms with Crippen LogP contribution in [-0.4, -0.2) is 5.97 Å². The van der Waals surface area contributed by atoms with E-state index in [1.54, 1.807) is 12.1 Å². The fraction of sp³-hybridized carbons (Fsp3) is 0.176. The highest BCUT2D eigenvalue weighted by molar-refractivity contribution is 5.88. The SMILES string of the molecule is [CH2+]C(C)(c1ccccc1)c1cc(C)ccc1C(=O)[O-]. The third-order valence-corrected chi connectivity index (χ3v) is 3.40. The third kappa shape index (κ3) is 2.48. The minimum Gasteiger partial charge on any atom is -0.545 e. The molecule has 0 aliphatic carbocycles. The van der Waals surface area contributed by atoms with Crippen LogP contribution in [0.3, 0.4) is 0 Å². The largest absolute Gasteiger partial charge is 0.545 e. The number of hydrogen-bond acceptors (Lipinski definition) is 2. The Hall–Kier alpha value is -2.22. The lowest BCUT2D eigenvalue weighted by molar-refractivity contribution is -0.255. The summed E-state index contributed by atoms with van der Waals surface area (Å²) >= 11 is 0. The first kappa shape index (κ1) is 13.2. The second kappa shape index (κ2) is 4.81.